The van der Waals surface area contributed by atoms with Crippen molar-refractivity contribution in [3.63, 3.8) is 0 Å². The molecule has 0 atom stereocenters. The number of aromatic nitrogens is 1. The van der Waals surface area contributed by atoms with Crippen LogP contribution in [-0.2, 0) is 19.4 Å². The van der Waals surface area contributed by atoms with Gasteiger partial charge in [-0.25, -0.2) is 0 Å². The van der Waals surface area contributed by atoms with E-state index in [0.29, 0.717) is 0 Å². The molecule has 0 saturated heterocycles. The van der Waals surface area contributed by atoms with E-state index in [2.05, 4.69) is 73.1 Å². The molecule has 3 rings (SSSR count). The summed E-state index contributed by atoms with van der Waals surface area (Å²) in [6, 6.07) is 17.8. The lowest BCUT2D eigenvalue weighted by Crippen LogP contribution is -2.00. The molecule has 0 aliphatic rings. The van der Waals surface area contributed by atoms with Crippen LogP contribution in [0.3, 0.4) is 0 Å². The normalized spacial score (nSPS) is 11.1. The third-order valence-electron chi connectivity index (χ3n) is 4.04. The molecule has 0 amide bonds. The molecule has 0 spiro atoms. The lowest BCUT2D eigenvalue weighted by Gasteiger charge is -2.09. The smallest absolute Gasteiger partial charge is 0.0515 e. The molecule has 3 aromatic rings. The van der Waals surface area contributed by atoms with E-state index in [1.54, 1.807) is 0 Å². The highest BCUT2D eigenvalue weighted by molar-refractivity contribution is 5.83. The number of para-hydroxylation sites is 1. The van der Waals surface area contributed by atoms with Gasteiger partial charge >= 0.3 is 0 Å². The van der Waals surface area contributed by atoms with E-state index in [9.17, 15) is 0 Å². The van der Waals surface area contributed by atoms with Crippen LogP contribution in [0, 0.1) is 0 Å². The van der Waals surface area contributed by atoms with Gasteiger partial charge in [0.1, 0.15) is 0 Å². The van der Waals surface area contributed by atoms with Crippen molar-refractivity contribution in [2.24, 2.45) is 0 Å². The first-order chi connectivity index (χ1) is 9.81. The van der Waals surface area contributed by atoms with E-state index in [1.165, 1.54) is 27.6 Å². The number of rotatable bonds is 4. The zero-order chi connectivity index (χ0) is 13.9. The van der Waals surface area contributed by atoms with Gasteiger partial charge in [0.15, 0.2) is 0 Å². The Morgan fingerprint density at radius 3 is 2.25 bits per heavy atom. The molecule has 2 aromatic carbocycles. The van der Waals surface area contributed by atoms with E-state index < -0.39 is 0 Å². The van der Waals surface area contributed by atoms with Gasteiger partial charge in [0.05, 0.1) is 5.52 Å². The van der Waals surface area contributed by atoms with Crippen LogP contribution in [0.15, 0.2) is 54.7 Å². The predicted molar refractivity (Wildman–Crippen MR) is 86.2 cm³/mol. The van der Waals surface area contributed by atoms with Crippen LogP contribution < -0.4 is 0 Å². The minimum Gasteiger partial charge on any atom is -0.343 e. The van der Waals surface area contributed by atoms with Gasteiger partial charge in [-0.3, -0.25) is 0 Å². The highest BCUT2D eigenvalue weighted by Crippen LogP contribution is 2.22. The number of nitrogens with zero attached hydrogens (tertiary/aromatic N) is 1. The Bertz CT molecular complexity index is 704. The Morgan fingerprint density at radius 1 is 0.800 bits per heavy atom. The van der Waals surface area contributed by atoms with E-state index in [0.717, 1.165) is 19.4 Å². The third-order valence-corrected chi connectivity index (χ3v) is 4.04. The Morgan fingerprint density at radius 2 is 1.55 bits per heavy atom. The molecule has 0 aliphatic carbocycles. The molecule has 0 bridgehead atoms. The number of hydrogen-bond acceptors (Lipinski definition) is 0. The molecule has 1 nitrogen and oxygen atoms in total. The van der Waals surface area contributed by atoms with Crippen molar-refractivity contribution in [1.82, 2.24) is 4.57 Å². The molecular formula is C19H21N. The van der Waals surface area contributed by atoms with E-state index in [-0.39, 0.29) is 0 Å². The topological polar surface area (TPSA) is 4.93 Å². The molecule has 1 aromatic heterocycles. The minimum absolute atomic E-state index is 0.949. The summed E-state index contributed by atoms with van der Waals surface area (Å²) >= 11 is 0. The maximum atomic E-state index is 2.37. The largest absolute Gasteiger partial charge is 0.343 e. The summed E-state index contributed by atoms with van der Waals surface area (Å²) in [6.07, 6.45) is 4.39. The van der Waals surface area contributed by atoms with Gasteiger partial charge in [0.2, 0.25) is 0 Å². The van der Waals surface area contributed by atoms with Crippen LogP contribution in [0.1, 0.15) is 30.5 Å². The van der Waals surface area contributed by atoms with Gasteiger partial charge in [0.25, 0.3) is 0 Å². The van der Waals surface area contributed by atoms with Crippen molar-refractivity contribution >= 4 is 10.9 Å². The van der Waals surface area contributed by atoms with E-state index in [4.69, 9.17) is 0 Å². The number of benzene rings is 2. The SMILES string of the molecule is CCc1ccc(Cn2ccc3cccc(CC)c32)cc1. The fraction of sp³-hybridized carbons (Fsp3) is 0.263. The molecule has 0 saturated carbocycles. The summed E-state index contributed by atoms with van der Waals surface area (Å²) in [4.78, 5) is 0. The molecule has 0 aliphatic heterocycles. The van der Waals surface area contributed by atoms with Crippen molar-refractivity contribution in [2.75, 3.05) is 0 Å². The summed E-state index contributed by atoms with van der Waals surface area (Å²) in [5.74, 6) is 0. The quantitative estimate of drug-likeness (QED) is 0.636. The Balaban J connectivity index is 1.97. The van der Waals surface area contributed by atoms with Crippen LogP contribution in [-0.4, -0.2) is 4.57 Å². The van der Waals surface area contributed by atoms with Crippen molar-refractivity contribution < 1.29 is 0 Å². The molecule has 0 fully saturated rings. The van der Waals surface area contributed by atoms with Crippen molar-refractivity contribution in [2.45, 2.75) is 33.2 Å². The van der Waals surface area contributed by atoms with Gasteiger partial charge in [-0.05, 0) is 41.0 Å². The second-order valence-electron chi connectivity index (χ2n) is 5.32. The molecule has 20 heavy (non-hydrogen) atoms. The Kier molecular flexibility index (Phi) is 3.60. The van der Waals surface area contributed by atoms with Crippen LogP contribution in [0.2, 0.25) is 0 Å². The minimum atomic E-state index is 0.949. The zero-order valence-electron chi connectivity index (χ0n) is 12.3. The van der Waals surface area contributed by atoms with E-state index >= 15 is 0 Å². The Hall–Kier alpha value is -2.02. The first-order valence-electron chi connectivity index (χ1n) is 7.46. The lowest BCUT2D eigenvalue weighted by molar-refractivity contribution is 0.830. The average molecular weight is 263 g/mol. The fourth-order valence-corrected chi connectivity index (χ4v) is 2.83. The van der Waals surface area contributed by atoms with E-state index in [1.807, 2.05) is 0 Å². The maximum Gasteiger partial charge on any atom is 0.0515 e. The molecule has 0 radical (unpaired) electrons. The van der Waals surface area contributed by atoms with Crippen LogP contribution >= 0.6 is 0 Å². The molecule has 102 valence electrons. The highest BCUT2D eigenvalue weighted by atomic mass is 15.0. The summed E-state index contributed by atoms with van der Waals surface area (Å²) < 4.78 is 2.37. The van der Waals surface area contributed by atoms with Gasteiger partial charge < -0.3 is 4.57 Å². The fourth-order valence-electron chi connectivity index (χ4n) is 2.83. The summed E-state index contributed by atoms with van der Waals surface area (Å²) in [5.41, 5.74) is 5.58. The first kappa shape index (κ1) is 13.0. The number of aryl methyl sites for hydroxylation is 2. The highest BCUT2D eigenvalue weighted by Gasteiger charge is 2.05. The summed E-state index contributed by atoms with van der Waals surface area (Å²) in [6.45, 7) is 5.37. The van der Waals surface area contributed by atoms with Crippen LogP contribution in [0.4, 0.5) is 0 Å². The van der Waals surface area contributed by atoms with Crippen molar-refractivity contribution in [3.05, 3.63) is 71.4 Å². The second kappa shape index (κ2) is 5.54. The third kappa shape index (κ3) is 2.36. The van der Waals surface area contributed by atoms with Gasteiger partial charge in [-0.2, -0.15) is 0 Å². The van der Waals surface area contributed by atoms with Gasteiger partial charge in [-0.1, -0.05) is 56.3 Å². The molecule has 1 heterocycles. The molecular weight excluding hydrogens is 242 g/mol. The average Bonchev–Trinajstić information content (AvgIpc) is 2.91. The zero-order valence-corrected chi connectivity index (χ0v) is 12.3. The molecule has 0 N–H and O–H groups in total. The van der Waals surface area contributed by atoms with Crippen molar-refractivity contribution in [3.8, 4) is 0 Å². The monoisotopic (exact) mass is 263 g/mol. The standard InChI is InChI=1S/C19H21N/c1-3-15-8-10-16(11-9-15)14-20-13-12-18-7-5-6-17(4-2)19(18)20/h5-13H,3-4,14H2,1-2H3. The molecule has 0 unspecified atom stereocenters. The predicted octanol–water partition coefficient (Wildman–Crippen LogP) is 4.81. The molecule has 1 heteroatoms. The summed E-state index contributed by atoms with van der Waals surface area (Å²) in [5, 5.41) is 1.34. The van der Waals surface area contributed by atoms with Crippen LogP contribution in [0.25, 0.3) is 10.9 Å². The Labute approximate surface area is 120 Å². The van der Waals surface area contributed by atoms with Crippen LogP contribution in [0.5, 0.6) is 0 Å². The number of hydrogen-bond donors (Lipinski definition) is 0. The van der Waals surface area contributed by atoms with Crippen molar-refractivity contribution in [1.29, 1.82) is 0 Å². The summed E-state index contributed by atoms with van der Waals surface area (Å²) in [7, 11) is 0. The van der Waals surface area contributed by atoms with Gasteiger partial charge in [-0.15, -0.1) is 0 Å². The second-order valence-corrected chi connectivity index (χ2v) is 5.32. The lowest BCUT2D eigenvalue weighted by atomic mass is 10.1. The first-order valence-corrected chi connectivity index (χ1v) is 7.46. The maximum absolute atomic E-state index is 2.37. The van der Waals surface area contributed by atoms with Gasteiger partial charge in [0, 0.05) is 12.7 Å². The number of fused-ring (bicyclic) bond motifs is 1.